The zero-order valence-electron chi connectivity index (χ0n) is 33.5. The first-order chi connectivity index (χ1) is 30.1. The molecule has 11 rings (SSSR count). The minimum Gasteiger partial charge on any atom is -0.456 e. The molecule has 0 aliphatic rings. The molecular weight excluding hydrogens is 741 g/mol. The smallest absolute Gasteiger partial charge is 0.136 e. The maximum Gasteiger partial charge on any atom is 0.136 e. The van der Waals surface area contributed by atoms with Crippen molar-refractivity contribution in [2.45, 2.75) is 6.04 Å². The normalized spacial score (nSPS) is 12.4. The largest absolute Gasteiger partial charge is 0.456 e. The van der Waals surface area contributed by atoms with Crippen LogP contribution in [-0.4, -0.2) is 5.84 Å². The molecule has 0 saturated carbocycles. The summed E-state index contributed by atoms with van der Waals surface area (Å²) in [5.74, 6) is 0.703. The second-order valence-corrected chi connectivity index (χ2v) is 15.7. The molecule has 61 heavy (non-hydrogen) atoms. The van der Waals surface area contributed by atoms with Gasteiger partial charge in [-0.25, -0.2) is 4.99 Å². The number of benzene rings is 10. The Hall–Kier alpha value is -8.01. The van der Waals surface area contributed by atoms with Gasteiger partial charge in [-0.3, -0.25) is 0 Å². The number of furan rings is 1. The number of nitrogens with zero attached hydrogens (tertiary/aromatic N) is 1. The van der Waals surface area contributed by atoms with Crippen LogP contribution in [-0.2, 0) is 0 Å². The highest BCUT2D eigenvalue weighted by Crippen LogP contribution is 2.38. The molecule has 288 valence electrons. The van der Waals surface area contributed by atoms with Crippen LogP contribution in [0.1, 0.15) is 22.7 Å². The molecule has 0 fully saturated rings. The molecule has 0 amide bonds. The number of hydrogen-bond acceptors (Lipinski definition) is 2. The minimum absolute atomic E-state index is 0.246. The lowest BCUT2D eigenvalue weighted by Crippen LogP contribution is -2.28. The Kier molecular flexibility index (Phi) is 8.87. The predicted molar refractivity (Wildman–Crippen MR) is 259 cm³/mol. The molecule has 0 bridgehead atoms. The summed E-state index contributed by atoms with van der Waals surface area (Å²) in [4.78, 5) is 5.39. The first-order valence-electron chi connectivity index (χ1n) is 20.7. The van der Waals surface area contributed by atoms with Gasteiger partial charge in [0, 0.05) is 21.9 Å². The third-order valence-electron chi connectivity index (χ3n) is 12.1. The third-order valence-corrected chi connectivity index (χ3v) is 12.1. The second kappa shape index (κ2) is 15.0. The average Bonchev–Trinajstić information content (AvgIpc) is 3.71. The van der Waals surface area contributed by atoms with E-state index in [0.29, 0.717) is 11.5 Å². The van der Waals surface area contributed by atoms with E-state index in [1.165, 1.54) is 48.8 Å². The molecule has 1 N–H and O–H groups in total. The van der Waals surface area contributed by atoms with Crippen LogP contribution < -0.4 is 5.32 Å². The SMILES string of the molecule is C=CC(NC(=NC(=C)c1cccc2oc3cc(-c4ccc(-c5ccccc5)cc4)ccc3c12)c1ccc2ccc3ccccc3c2c1)c1ccc2ccc3ccccc3c2c1. The Bertz CT molecular complexity index is 3540. The molecule has 0 aliphatic carbocycles. The lowest BCUT2D eigenvalue weighted by atomic mass is 9.96. The third kappa shape index (κ3) is 6.54. The Morgan fingerprint density at radius 2 is 1.05 bits per heavy atom. The molecule has 0 radical (unpaired) electrons. The number of fused-ring (bicyclic) bond motifs is 9. The maximum absolute atomic E-state index is 6.56. The Labute approximate surface area is 354 Å². The first kappa shape index (κ1) is 36.1. The van der Waals surface area contributed by atoms with Gasteiger partial charge >= 0.3 is 0 Å². The van der Waals surface area contributed by atoms with E-state index < -0.39 is 0 Å². The van der Waals surface area contributed by atoms with E-state index in [9.17, 15) is 0 Å². The average molecular weight is 781 g/mol. The highest BCUT2D eigenvalue weighted by atomic mass is 16.3. The van der Waals surface area contributed by atoms with E-state index in [1.807, 2.05) is 24.3 Å². The van der Waals surface area contributed by atoms with Crippen LogP contribution in [0.3, 0.4) is 0 Å². The van der Waals surface area contributed by atoms with Gasteiger partial charge in [-0.1, -0.05) is 183 Å². The standard InChI is InChI=1S/C58H40N2O/c1-3-54(46-30-28-43-26-24-41-14-7-9-16-49(41)52(43)34-46)60-58(47-31-29-44-27-25-42-15-8-10-17-50(42)53(44)35-47)59-37(2)48-18-11-19-55-57(48)51-33-32-45(36-56(51)61-55)40-22-20-39(21-23-40)38-12-5-4-6-13-38/h3-36,54H,1-2H2,(H,59,60). The van der Waals surface area contributed by atoms with Gasteiger partial charge in [0.25, 0.3) is 0 Å². The molecule has 1 heterocycles. The van der Waals surface area contributed by atoms with Crippen LogP contribution >= 0.6 is 0 Å². The molecule has 0 aliphatic heterocycles. The van der Waals surface area contributed by atoms with Crippen molar-refractivity contribution in [2.75, 3.05) is 0 Å². The molecule has 0 saturated heterocycles. The Morgan fingerprint density at radius 3 is 1.75 bits per heavy atom. The van der Waals surface area contributed by atoms with E-state index in [4.69, 9.17) is 9.41 Å². The number of amidine groups is 1. The lowest BCUT2D eigenvalue weighted by Gasteiger charge is -2.20. The minimum atomic E-state index is -0.246. The number of hydrogen-bond donors (Lipinski definition) is 1. The summed E-state index contributed by atoms with van der Waals surface area (Å²) in [6.07, 6.45) is 1.96. The van der Waals surface area contributed by atoms with Crippen molar-refractivity contribution in [3.05, 3.63) is 236 Å². The van der Waals surface area contributed by atoms with Crippen molar-refractivity contribution in [3.8, 4) is 22.3 Å². The van der Waals surface area contributed by atoms with E-state index in [1.54, 1.807) is 0 Å². The number of rotatable bonds is 8. The van der Waals surface area contributed by atoms with Crippen LogP contribution in [0.15, 0.2) is 229 Å². The molecule has 10 aromatic carbocycles. The second-order valence-electron chi connectivity index (χ2n) is 15.7. The van der Waals surface area contributed by atoms with Crippen LogP contribution in [0.2, 0.25) is 0 Å². The van der Waals surface area contributed by atoms with Gasteiger partial charge in [-0.15, -0.1) is 6.58 Å². The van der Waals surface area contributed by atoms with Gasteiger partial charge in [0.05, 0.1) is 11.7 Å². The van der Waals surface area contributed by atoms with E-state index in [2.05, 4.69) is 200 Å². The van der Waals surface area contributed by atoms with E-state index >= 15 is 0 Å². The zero-order chi connectivity index (χ0) is 40.9. The summed E-state index contributed by atoms with van der Waals surface area (Å²) in [5.41, 5.74) is 9.81. The molecule has 1 unspecified atom stereocenters. The Morgan fingerprint density at radius 1 is 0.475 bits per heavy atom. The molecule has 3 nitrogen and oxygen atoms in total. The fourth-order valence-electron chi connectivity index (χ4n) is 8.89. The summed E-state index contributed by atoms with van der Waals surface area (Å²) >= 11 is 0. The maximum atomic E-state index is 6.56. The van der Waals surface area contributed by atoms with Crippen LogP contribution in [0, 0.1) is 0 Å². The summed E-state index contributed by atoms with van der Waals surface area (Å²) < 4.78 is 6.56. The summed E-state index contributed by atoms with van der Waals surface area (Å²) in [5, 5.41) is 15.4. The van der Waals surface area contributed by atoms with Gasteiger partial charge in [0.15, 0.2) is 0 Å². The summed E-state index contributed by atoms with van der Waals surface area (Å²) in [6, 6.07) is 70.6. The van der Waals surface area contributed by atoms with Gasteiger partial charge in [-0.2, -0.15) is 0 Å². The monoisotopic (exact) mass is 780 g/mol. The van der Waals surface area contributed by atoms with Gasteiger partial charge in [0.1, 0.15) is 17.0 Å². The highest BCUT2D eigenvalue weighted by molar-refractivity contribution is 6.14. The fourth-order valence-corrected chi connectivity index (χ4v) is 8.89. The topological polar surface area (TPSA) is 37.5 Å². The van der Waals surface area contributed by atoms with Gasteiger partial charge < -0.3 is 9.73 Å². The summed E-state index contributed by atoms with van der Waals surface area (Å²) in [6.45, 7) is 8.94. The predicted octanol–water partition coefficient (Wildman–Crippen LogP) is 15.5. The van der Waals surface area contributed by atoms with Gasteiger partial charge in [-0.05, 0) is 101 Å². The van der Waals surface area contributed by atoms with Crippen molar-refractivity contribution in [1.29, 1.82) is 0 Å². The molecular formula is C58H40N2O. The van der Waals surface area contributed by atoms with Crippen LogP contribution in [0.25, 0.3) is 93.0 Å². The fraction of sp³-hybridized carbons (Fsp3) is 0.0172. The van der Waals surface area contributed by atoms with Crippen molar-refractivity contribution < 1.29 is 4.42 Å². The van der Waals surface area contributed by atoms with Crippen molar-refractivity contribution in [1.82, 2.24) is 5.32 Å². The van der Waals surface area contributed by atoms with Crippen molar-refractivity contribution in [3.63, 3.8) is 0 Å². The Balaban J connectivity index is 1.01. The van der Waals surface area contributed by atoms with Crippen LogP contribution in [0.5, 0.6) is 0 Å². The zero-order valence-corrected chi connectivity index (χ0v) is 33.5. The molecule has 11 aromatic rings. The number of nitrogens with one attached hydrogen (secondary N) is 1. The quantitative estimate of drug-likeness (QED) is 0.0722. The number of aliphatic imine (C=N–C) groups is 1. The van der Waals surface area contributed by atoms with Crippen molar-refractivity contribution in [2.24, 2.45) is 4.99 Å². The van der Waals surface area contributed by atoms with Crippen molar-refractivity contribution >= 4 is 76.6 Å². The molecule has 3 heteroatoms. The lowest BCUT2D eigenvalue weighted by molar-refractivity contribution is 0.669. The molecule has 1 aromatic heterocycles. The van der Waals surface area contributed by atoms with Crippen LogP contribution in [0.4, 0.5) is 0 Å². The van der Waals surface area contributed by atoms with E-state index in [0.717, 1.165) is 55.1 Å². The van der Waals surface area contributed by atoms with E-state index in [-0.39, 0.29) is 6.04 Å². The van der Waals surface area contributed by atoms with Gasteiger partial charge in [0.2, 0.25) is 0 Å². The highest BCUT2D eigenvalue weighted by Gasteiger charge is 2.18. The first-order valence-corrected chi connectivity index (χ1v) is 20.7. The molecule has 1 atom stereocenters. The summed E-state index contributed by atoms with van der Waals surface area (Å²) in [7, 11) is 0. The molecule has 0 spiro atoms.